The largest absolute Gasteiger partial charge is 0.465 e. The van der Waals surface area contributed by atoms with Gasteiger partial charge in [0.2, 0.25) is 5.91 Å². The summed E-state index contributed by atoms with van der Waals surface area (Å²) in [4.78, 5) is 28.9. The fourth-order valence-electron chi connectivity index (χ4n) is 2.40. The van der Waals surface area contributed by atoms with Crippen molar-refractivity contribution in [2.75, 3.05) is 5.32 Å². The Balaban J connectivity index is 2.16. The molecule has 0 spiro atoms. The predicted octanol–water partition coefficient (Wildman–Crippen LogP) is 2.62. The molecule has 2 heterocycles. The zero-order chi connectivity index (χ0) is 14.9. The van der Waals surface area contributed by atoms with Crippen LogP contribution in [-0.4, -0.2) is 39.1 Å². The van der Waals surface area contributed by atoms with Crippen molar-refractivity contribution in [2.45, 2.75) is 38.8 Å². The molecule has 0 aromatic carbocycles. The number of hydrogen-bond acceptors (Lipinski definition) is 3. The molecule has 2 amide bonds. The highest BCUT2D eigenvalue weighted by molar-refractivity contribution is 9.10. The van der Waals surface area contributed by atoms with E-state index in [-0.39, 0.29) is 11.9 Å². The van der Waals surface area contributed by atoms with Gasteiger partial charge in [-0.25, -0.2) is 9.78 Å². The van der Waals surface area contributed by atoms with Crippen molar-refractivity contribution < 1.29 is 14.7 Å². The first kappa shape index (κ1) is 14.8. The van der Waals surface area contributed by atoms with Gasteiger partial charge in [0.1, 0.15) is 16.5 Å². The van der Waals surface area contributed by atoms with Crippen LogP contribution in [0, 0.1) is 6.92 Å². The standard InChI is InChI=1S/C13H16BrN3O3/c1-7-3-6-10(14)15-11(7)16-12(18)9-5-4-8(2)17(9)13(19)20/h3,6,8-9H,4-5H2,1-2H3,(H,19,20)(H,15,16,18)/t8-,9-/m0/s1. The summed E-state index contributed by atoms with van der Waals surface area (Å²) >= 11 is 3.25. The second-order valence-electron chi connectivity index (χ2n) is 4.92. The second-order valence-corrected chi connectivity index (χ2v) is 5.73. The van der Waals surface area contributed by atoms with E-state index < -0.39 is 12.1 Å². The van der Waals surface area contributed by atoms with Crippen LogP contribution in [0.1, 0.15) is 25.3 Å². The molecule has 1 fully saturated rings. The Hall–Kier alpha value is -1.63. The Kier molecular flexibility index (Phi) is 4.27. The van der Waals surface area contributed by atoms with Gasteiger partial charge in [-0.05, 0) is 54.2 Å². The maximum atomic E-state index is 12.3. The minimum Gasteiger partial charge on any atom is -0.465 e. The van der Waals surface area contributed by atoms with E-state index in [1.165, 1.54) is 4.90 Å². The highest BCUT2D eigenvalue weighted by Crippen LogP contribution is 2.25. The summed E-state index contributed by atoms with van der Waals surface area (Å²) in [5.41, 5.74) is 0.828. The highest BCUT2D eigenvalue weighted by Gasteiger charge is 2.39. The van der Waals surface area contributed by atoms with Gasteiger partial charge < -0.3 is 10.4 Å². The van der Waals surface area contributed by atoms with E-state index in [2.05, 4.69) is 26.2 Å². The van der Waals surface area contributed by atoms with Crippen molar-refractivity contribution in [3.8, 4) is 0 Å². The summed E-state index contributed by atoms with van der Waals surface area (Å²) < 4.78 is 0.619. The third-order valence-corrected chi connectivity index (χ3v) is 3.94. The maximum absolute atomic E-state index is 12.3. The molecule has 0 saturated carbocycles. The highest BCUT2D eigenvalue weighted by atomic mass is 79.9. The molecule has 0 radical (unpaired) electrons. The van der Waals surface area contributed by atoms with Crippen molar-refractivity contribution in [3.63, 3.8) is 0 Å². The number of halogens is 1. The number of pyridine rings is 1. The Labute approximate surface area is 125 Å². The first-order valence-corrected chi connectivity index (χ1v) is 7.14. The zero-order valence-corrected chi connectivity index (χ0v) is 12.8. The van der Waals surface area contributed by atoms with Crippen LogP contribution in [0.4, 0.5) is 10.6 Å². The Morgan fingerprint density at radius 3 is 2.80 bits per heavy atom. The Morgan fingerprint density at radius 1 is 1.45 bits per heavy atom. The lowest BCUT2D eigenvalue weighted by atomic mass is 10.2. The lowest BCUT2D eigenvalue weighted by molar-refractivity contribution is -0.120. The van der Waals surface area contributed by atoms with E-state index >= 15 is 0 Å². The van der Waals surface area contributed by atoms with Crippen molar-refractivity contribution >= 4 is 33.7 Å². The van der Waals surface area contributed by atoms with Gasteiger partial charge in [0.05, 0.1) is 0 Å². The maximum Gasteiger partial charge on any atom is 0.408 e. The zero-order valence-electron chi connectivity index (χ0n) is 11.3. The van der Waals surface area contributed by atoms with Gasteiger partial charge >= 0.3 is 6.09 Å². The van der Waals surface area contributed by atoms with E-state index in [4.69, 9.17) is 0 Å². The molecule has 1 aliphatic rings. The quantitative estimate of drug-likeness (QED) is 0.810. The molecule has 0 aliphatic carbocycles. The number of rotatable bonds is 2. The average molecular weight is 342 g/mol. The first-order chi connectivity index (χ1) is 9.40. The SMILES string of the molecule is Cc1ccc(Br)nc1NC(=O)[C@@H]1CC[C@H](C)N1C(=O)O. The number of carbonyl (C=O) groups is 2. The van der Waals surface area contributed by atoms with Gasteiger partial charge in [-0.2, -0.15) is 0 Å². The lowest BCUT2D eigenvalue weighted by Crippen LogP contribution is -2.45. The van der Waals surface area contributed by atoms with Crippen LogP contribution in [0.25, 0.3) is 0 Å². The van der Waals surface area contributed by atoms with Crippen LogP contribution < -0.4 is 5.32 Å². The summed E-state index contributed by atoms with van der Waals surface area (Å²) in [5.74, 6) is 0.125. The van der Waals surface area contributed by atoms with Crippen LogP contribution in [0.15, 0.2) is 16.7 Å². The molecular formula is C13H16BrN3O3. The predicted molar refractivity (Wildman–Crippen MR) is 77.7 cm³/mol. The number of nitrogens with zero attached hydrogens (tertiary/aromatic N) is 2. The monoisotopic (exact) mass is 341 g/mol. The summed E-state index contributed by atoms with van der Waals surface area (Å²) in [6.07, 6.45) is 0.163. The van der Waals surface area contributed by atoms with E-state index in [1.54, 1.807) is 6.07 Å². The smallest absolute Gasteiger partial charge is 0.408 e. The Morgan fingerprint density at radius 2 is 2.15 bits per heavy atom. The second kappa shape index (κ2) is 5.78. The topological polar surface area (TPSA) is 82.5 Å². The van der Waals surface area contributed by atoms with Gasteiger partial charge in [0.25, 0.3) is 0 Å². The van der Waals surface area contributed by atoms with Crippen LogP contribution >= 0.6 is 15.9 Å². The molecule has 2 atom stereocenters. The number of aromatic nitrogens is 1. The summed E-state index contributed by atoms with van der Waals surface area (Å²) in [5, 5.41) is 11.9. The number of anilines is 1. The van der Waals surface area contributed by atoms with Gasteiger partial charge in [0, 0.05) is 6.04 Å². The number of nitrogens with one attached hydrogen (secondary N) is 1. The number of aryl methyl sites for hydroxylation is 1. The number of carboxylic acid groups (broad SMARTS) is 1. The van der Waals surface area contributed by atoms with Crippen LogP contribution in [0.3, 0.4) is 0 Å². The molecule has 1 aromatic rings. The third kappa shape index (κ3) is 2.92. The number of amides is 2. The van der Waals surface area contributed by atoms with E-state index in [1.807, 2.05) is 19.9 Å². The van der Waals surface area contributed by atoms with Crippen molar-refractivity contribution in [2.24, 2.45) is 0 Å². The molecule has 1 aromatic heterocycles. The summed E-state index contributed by atoms with van der Waals surface area (Å²) in [6.45, 7) is 3.64. The lowest BCUT2D eigenvalue weighted by Gasteiger charge is -2.24. The summed E-state index contributed by atoms with van der Waals surface area (Å²) in [7, 11) is 0. The molecule has 1 saturated heterocycles. The number of carbonyl (C=O) groups excluding carboxylic acids is 1. The molecule has 20 heavy (non-hydrogen) atoms. The molecule has 108 valence electrons. The fraction of sp³-hybridized carbons (Fsp3) is 0.462. The van der Waals surface area contributed by atoms with Crippen molar-refractivity contribution in [1.29, 1.82) is 0 Å². The molecule has 2 rings (SSSR count). The molecule has 2 N–H and O–H groups in total. The van der Waals surface area contributed by atoms with E-state index in [0.29, 0.717) is 23.3 Å². The van der Waals surface area contributed by atoms with Crippen molar-refractivity contribution in [1.82, 2.24) is 9.88 Å². The average Bonchev–Trinajstić information content (AvgIpc) is 2.76. The van der Waals surface area contributed by atoms with Gasteiger partial charge in [-0.15, -0.1) is 0 Å². The molecule has 0 unspecified atom stereocenters. The number of hydrogen-bond donors (Lipinski definition) is 2. The minimum absolute atomic E-state index is 0.139. The van der Waals surface area contributed by atoms with Gasteiger partial charge in [0.15, 0.2) is 0 Å². The molecular weight excluding hydrogens is 326 g/mol. The summed E-state index contributed by atoms with van der Waals surface area (Å²) in [6, 6.07) is 2.83. The van der Waals surface area contributed by atoms with Gasteiger partial charge in [-0.1, -0.05) is 6.07 Å². The van der Waals surface area contributed by atoms with Crippen LogP contribution in [0.5, 0.6) is 0 Å². The van der Waals surface area contributed by atoms with Crippen LogP contribution in [0.2, 0.25) is 0 Å². The fourth-order valence-corrected chi connectivity index (χ4v) is 2.70. The minimum atomic E-state index is -1.06. The number of likely N-dealkylation sites (tertiary alicyclic amines) is 1. The molecule has 1 aliphatic heterocycles. The third-order valence-electron chi connectivity index (χ3n) is 3.50. The molecule has 0 bridgehead atoms. The van der Waals surface area contributed by atoms with Crippen molar-refractivity contribution in [3.05, 3.63) is 22.3 Å². The molecule has 7 heteroatoms. The van der Waals surface area contributed by atoms with E-state index in [0.717, 1.165) is 5.56 Å². The van der Waals surface area contributed by atoms with Gasteiger partial charge in [-0.3, -0.25) is 9.69 Å². The molecule has 6 nitrogen and oxygen atoms in total. The Bertz CT molecular complexity index is 550. The normalized spacial score (nSPS) is 21.9. The van der Waals surface area contributed by atoms with E-state index in [9.17, 15) is 14.7 Å². The van der Waals surface area contributed by atoms with Crippen LogP contribution in [-0.2, 0) is 4.79 Å². The first-order valence-electron chi connectivity index (χ1n) is 6.35.